The third-order valence-corrected chi connectivity index (χ3v) is 6.51. The number of fused-ring (bicyclic) bond motifs is 1. The number of nitrogens with zero attached hydrogens (tertiary/aromatic N) is 6. The summed E-state index contributed by atoms with van der Waals surface area (Å²) in [5.74, 6) is -1.20. The molecular formula is C28H28F2N6O. The van der Waals surface area contributed by atoms with Gasteiger partial charge in [0.25, 0.3) is 5.92 Å². The Morgan fingerprint density at radius 2 is 1.81 bits per heavy atom. The molecule has 1 aliphatic heterocycles. The van der Waals surface area contributed by atoms with Crippen molar-refractivity contribution >= 4 is 11.7 Å². The molecule has 37 heavy (non-hydrogen) atoms. The first-order valence-electron chi connectivity index (χ1n) is 12.2. The predicted molar refractivity (Wildman–Crippen MR) is 137 cm³/mol. The third-order valence-electron chi connectivity index (χ3n) is 6.51. The van der Waals surface area contributed by atoms with Crippen molar-refractivity contribution in [1.82, 2.24) is 24.5 Å². The zero-order chi connectivity index (χ0) is 26.3. The molecule has 4 heterocycles. The van der Waals surface area contributed by atoms with Crippen LogP contribution in [-0.4, -0.2) is 30.4 Å². The lowest BCUT2D eigenvalue weighted by molar-refractivity contribution is -0.119. The number of hydrogen-bond acceptors (Lipinski definition) is 5. The van der Waals surface area contributed by atoms with Gasteiger partial charge in [-0.3, -0.25) is 14.7 Å². The van der Waals surface area contributed by atoms with Crippen LogP contribution in [0.4, 0.5) is 14.6 Å². The highest BCUT2D eigenvalue weighted by atomic mass is 19.3. The molecule has 190 valence electrons. The molecule has 0 unspecified atom stereocenters. The lowest BCUT2D eigenvalue weighted by atomic mass is 10.0. The van der Waals surface area contributed by atoms with Gasteiger partial charge in [-0.15, -0.1) is 0 Å². The molecule has 1 aromatic carbocycles. The summed E-state index contributed by atoms with van der Waals surface area (Å²) in [6.45, 7) is 5.32. The van der Waals surface area contributed by atoms with E-state index in [9.17, 15) is 13.6 Å². The first-order valence-corrected chi connectivity index (χ1v) is 12.2. The predicted octanol–water partition coefficient (Wildman–Crippen LogP) is 5.65. The Balaban J connectivity index is 1.44. The highest BCUT2D eigenvalue weighted by Crippen LogP contribution is 2.32. The van der Waals surface area contributed by atoms with Gasteiger partial charge in [0.15, 0.2) is 5.82 Å². The number of rotatable bonds is 6. The molecule has 9 heteroatoms. The fourth-order valence-electron chi connectivity index (χ4n) is 4.55. The lowest BCUT2D eigenvalue weighted by Crippen LogP contribution is -2.35. The highest BCUT2D eigenvalue weighted by Gasteiger charge is 2.29. The fraction of sp³-hybridized carbons (Fsp3) is 0.321. The second-order valence-corrected chi connectivity index (χ2v) is 9.76. The number of anilines is 1. The number of carbonyl (C=O) groups excluding carboxylic acids is 1. The third kappa shape index (κ3) is 4.85. The van der Waals surface area contributed by atoms with Gasteiger partial charge in [0, 0.05) is 55.7 Å². The van der Waals surface area contributed by atoms with Crippen molar-refractivity contribution in [3.8, 4) is 22.8 Å². The molecule has 0 fully saturated rings. The summed E-state index contributed by atoms with van der Waals surface area (Å²) < 4.78 is 29.0. The maximum atomic E-state index is 13.7. The molecule has 0 N–H and O–H groups in total. The Hall–Kier alpha value is -4.01. The van der Waals surface area contributed by atoms with Gasteiger partial charge in [-0.2, -0.15) is 8.78 Å². The van der Waals surface area contributed by atoms with Gasteiger partial charge in [0.1, 0.15) is 17.3 Å². The van der Waals surface area contributed by atoms with Crippen LogP contribution in [-0.2, 0) is 30.7 Å². The summed E-state index contributed by atoms with van der Waals surface area (Å²) in [7, 11) is 1.69. The number of imidazole rings is 1. The number of aryl methyl sites for hydroxylation is 2. The van der Waals surface area contributed by atoms with E-state index in [-0.39, 0.29) is 17.5 Å². The van der Waals surface area contributed by atoms with E-state index in [0.717, 1.165) is 34.9 Å². The average Bonchev–Trinajstić information content (AvgIpc) is 3.28. The zero-order valence-electron chi connectivity index (χ0n) is 21.2. The quantitative estimate of drug-likeness (QED) is 0.340. The van der Waals surface area contributed by atoms with E-state index in [4.69, 9.17) is 4.98 Å². The van der Waals surface area contributed by atoms with E-state index in [2.05, 4.69) is 28.8 Å². The number of pyridine rings is 1. The van der Waals surface area contributed by atoms with Crippen molar-refractivity contribution in [1.29, 1.82) is 0 Å². The van der Waals surface area contributed by atoms with Gasteiger partial charge in [-0.25, -0.2) is 15.0 Å². The SMILES string of the molecule is CC(C)c1ncccc1-c1ncc2c(n1)N(Cc1ccc(-c3nc(C(C)(F)F)cn3C)cc1)C(=O)CC2. The summed E-state index contributed by atoms with van der Waals surface area (Å²) >= 11 is 0. The molecular weight excluding hydrogens is 474 g/mol. The van der Waals surface area contributed by atoms with Gasteiger partial charge in [0.05, 0.1) is 12.2 Å². The minimum absolute atomic E-state index is 0.00424. The van der Waals surface area contributed by atoms with Crippen LogP contribution in [0, 0.1) is 0 Å². The summed E-state index contributed by atoms with van der Waals surface area (Å²) in [4.78, 5) is 32.7. The Morgan fingerprint density at radius 1 is 1.05 bits per heavy atom. The maximum Gasteiger partial charge on any atom is 0.288 e. The van der Waals surface area contributed by atoms with E-state index >= 15 is 0 Å². The second-order valence-electron chi connectivity index (χ2n) is 9.76. The van der Waals surface area contributed by atoms with Crippen LogP contribution in [0.25, 0.3) is 22.8 Å². The van der Waals surface area contributed by atoms with Crippen molar-refractivity contribution in [2.75, 3.05) is 4.90 Å². The van der Waals surface area contributed by atoms with Crippen LogP contribution in [0.1, 0.15) is 55.6 Å². The zero-order valence-corrected chi connectivity index (χ0v) is 21.2. The monoisotopic (exact) mass is 502 g/mol. The summed E-state index contributed by atoms with van der Waals surface area (Å²) in [6.07, 6.45) is 5.89. The molecule has 0 saturated carbocycles. The normalized spacial score (nSPS) is 13.8. The van der Waals surface area contributed by atoms with E-state index in [0.29, 0.717) is 36.9 Å². The first-order chi connectivity index (χ1) is 17.6. The van der Waals surface area contributed by atoms with Gasteiger partial charge in [-0.05, 0) is 30.0 Å². The molecule has 0 aliphatic carbocycles. The van der Waals surface area contributed by atoms with Crippen LogP contribution in [0.2, 0.25) is 0 Å². The standard InChI is InChI=1S/C28H28F2N6O/c1-17(2)24-21(6-5-13-31-24)25-32-14-20-11-12-23(37)36(27(20)34-25)15-18-7-9-19(10-8-18)26-33-22(16-35(26)4)28(3,29)30/h5-10,13-14,16-17H,11-12,15H2,1-4H3. The van der Waals surface area contributed by atoms with Crippen LogP contribution < -0.4 is 4.90 Å². The topological polar surface area (TPSA) is 76.8 Å². The largest absolute Gasteiger partial charge is 0.334 e. The van der Waals surface area contributed by atoms with Crippen molar-refractivity contribution in [2.45, 2.75) is 52.0 Å². The van der Waals surface area contributed by atoms with Crippen molar-refractivity contribution < 1.29 is 13.6 Å². The summed E-state index contributed by atoms with van der Waals surface area (Å²) in [5, 5.41) is 0. The molecule has 5 rings (SSSR count). The molecule has 1 aliphatic rings. The molecule has 7 nitrogen and oxygen atoms in total. The maximum absolute atomic E-state index is 13.7. The summed E-state index contributed by atoms with van der Waals surface area (Å²) in [6, 6.07) is 11.3. The molecule has 4 aromatic rings. The second kappa shape index (κ2) is 9.46. The number of carbonyl (C=O) groups is 1. The molecule has 0 bridgehead atoms. The number of benzene rings is 1. The van der Waals surface area contributed by atoms with Crippen molar-refractivity contribution in [3.05, 3.63) is 77.5 Å². The minimum atomic E-state index is -3.01. The van der Waals surface area contributed by atoms with Crippen LogP contribution in [0.5, 0.6) is 0 Å². The van der Waals surface area contributed by atoms with E-state index < -0.39 is 5.92 Å². The Morgan fingerprint density at radius 3 is 2.49 bits per heavy atom. The molecule has 1 amide bonds. The Kier molecular flexibility index (Phi) is 6.31. The number of amides is 1. The number of hydrogen-bond donors (Lipinski definition) is 0. The fourth-order valence-corrected chi connectivity index (χ4v) is 4.55. The van der Waals surface area contributed by atoms with Crippen LogP contribution in [0.3, 0.4) is 0 Å². The minimum Gasteiger partial charge on any atom is -0.334 e. The lowest BCUT2D eigenvalue weighted by Gasteiger charge is -2.28. The highest BCUT2D eigenvalue weighted by molar-refractivity contribution is 5.95. The molecule has 0 atom stereocenters. The van der Waals surface area contributed by atoms with Gasteiger partial charge in [-0.1, -0.05) is 38.1 Å². The number of alkyl halides is 2. The van der Waals surface area contributed by atoms with Crippen LogP contribution in [0.15, 0.2) is 55.0 Å². The molecule has 3 aromatic heterocycles. The van der Waals surface area contributed by atoms with Gasteiger partial charge >= 0.3 is 0 Å². The summed E-state index contributed by atoms with van der Waals surface area (Å²) in [5.41, 5.74) is 4.03. The Bertz CT molecular complexity index is 1460. The Labute approximate surface area is 214 Å². The van der Waals surface area contributed by atoms with Crippen LogP contribution >= 0.6 is 0 Å². The first kappa shape index (κ1) is 24.7. The van der Waals surface area contributed by atoms with Gasteiger partial charge in [0.2, 0.25) is 5.91 Å². The molecule has 0 spiro atoms. The number of halogens is 2. The molecule has 0 radical (unpaired) electrons. The van der Waals surface area contributed by atoms with Crippen molar-refractivity contribution in [3.63, 3.8) is 0 Å². The average molecular weight is 503 g/mol. The van der Waals surface area contributed by atoms with E-state index in [1.165, 1.54) is 6.20 Å². The van der Waals surface area contributed by atoms with E-state index in [1.54, 1.807) is 28.9 Å². The smallest absolute Gasteiger partial charge is 0.288 e. The van der Waals surface area contributed by atoms with Gasteiger partial charge < -0.3 is 4.57 Å². The van der Waals surface area contributed by atoms with Crippen molar-refractivity contribution in [2.24, 2.45) is 7.05 Å². The van der Waals surface area contributed by atoms with E-state index in [1.807, 2.05) is 36.4 Å². The number of aromatic nitrogens is 5. The molecule has 0 saturated heterocycles.